The van der Waals surface area contributed by atoms with E-state index in [4.69, 9.17) is 11.5 Å². The molecule has 0 radical (unpaired) electrons. The van der Waals surface area contributed by atoms with Gasteiger partial charge in [-0.15, -0.1) is 0 Å². The monoisotopic (exact) mass is 234 g/mol. The van der Waals surface area contributed by atoms with Crippen molar-refractivity contribution < 1.29 is 13.2 Å². The third-order valence-electron chi connectivity index (χ3n) is 1.90. The second kappa shape index (κ2) is 4.91. The van der Waals surface area contributed by atoms with Crippen molar-refractivity contribution in [3.63, 3.8) is 0 Å². The van der Waals surface area contributed by atoms with Crippen LogP contribution in [0.3, 0.4) is 0 Å². The first kappa shape index (κ1) is 12.4. The second-order valence-electron chi connectivity index (χ2n) is 3.32. The number of pyridine rings is 1. The van der Waals surface area contributed by atoms with Crippen LogP contribution in [-0.2, 0) is 0 Å². The zero-order valence-corrected chi connectivity index (χ0v) is 8.51. The van der Waals surface area contributed by atoms with Gasteiger partial charge in [0.1, 0.15) is 11.6 Å². The Labute approximate surface area is 90.8 Å². The molecule has 0 fully saturated rings. The maximum Gasteiger partial charge on any atom is 0.389 e. The van der Waals surface area contributed by atoms with Gasteiger partial charge in [0.05, 0.1) is 5.69 Å². The number of hydrogen-bond acceptors (Lipinski definition) is 4. The van der Waals surface area contributed by atoms with Gasteiger partial charge in [-0.2, -0.15) is 13.2 Å². The summed E-state index contributed by atoms with van der Waals surface area (Å²) < 4.78 is 35.5. The van der Waals surface area contributed by atoms with Gasteiger partial charge in [0.15, 0.2) is 0 Å². The predicted octanol–water partition coefficient (Wildman–Crippen LogP) is 2.00. The average Bonchev–Trinajstić information content (AvgIpc) is 2.17. The van der Waals surface area contributed by atoms with E-state index in [1.807, 2.05) is 0 Å². The first-order valence-electron chi connectivity index (χ1n) is 4.71. The highest BCUT2D eigenvalue weighted by molar-refractivity contribution is 5.61. The zero-order chi connectivity index (χ0) is 12.2. The molecule has 1 aromatic rings. The number of alkyl halides is 3. The molecule has 0 aliphatic rings. The van der Waals surface area contributed by atoms with E-state index in [0.717, 1.165) is 0 Å². The van der Waals surface area contributed by atoms with Crippen LogP contribution >= 0.6 is 0 Å². The Hall–Kier alpha value is -1.66. The molecule has 0 bridgehead atoms. The first-order chi connectivity index (χ1) is 7.38. The van der Waals surface area contributed by atoms with E-state index in [-0.39, 0.29) is 18.8 Å². The summed E-state index contributed by atoms with van der Waals surface area (Å²) in [6.07, 6.45) is -4.94. The van der Waals surface area contributed by atoms with Crippen LogP contribution in [0.25, 0.3) is 0 Å². The number of nitrogens with one attached hydrogen (secondary N) is 1. The van der Waals surface area contributed by atoms with E-state index >= 15 is 0 Å². The lowest BCUT2D eigenvalue weighted by molar-refractivity contribution is -0.134. The van der Waals surface area contributed by atoms with E-state index < -0.39 is 12.6 Å². The number of halogens is 3. The molecule has 0 saturated carbocycles. The highest BCUT2D eigenvalue weighted by atomic mass is 19.4. The molecule has 7 heteroatoms. The zero-order valence-electron chi connectivity index (χ0n) is 8.51. The Morgan fingerprint density at radius 3 is 2.50 bits per heavy atom. The molecular weight excluding hydrogens is 221 g/mol. The van der Waals surface area contributed by atoms with Crippen molar-refractivity contribution >= 4 is 17.3 Å². The van der Waals surface area contributed by atoms with E-state index in [9.17, 15) is 13.2 Å². The minimum absolute atomic E-state index is 0.00450. The minimum Gasteiger partial charge on any atom is -0.396 e. The van der Waals surface area contributed by atoms with Crippen LogP contribution in [0.15, 0.2) is 12.1 Å². The molecular formula is C9H13F3N4. The van der Waals surface area contributed by atoms with Gasteiger partial charge in [0.25, 0.3) is 0 Å². The smallest absolute Gasteiger partial charge is 0.389 e. The molecule has 0 aliphatic heterocycles. The molecule has 5 N–H and O–H groups in total. The average molecular weight is 234 g/mol. The minimum atomic E-state index is -4.12. The van der Waals surface area contributed by atoms with E-state index in [1.54, 1.807) is 12.1 Å². The van der Waals surface area contributed by atoms with Crippen LogP contribution in [0.5, 0.6) is 0 Å². The van der Waals surface area contributed by atoms with Crippen LogP contribution in [-0.4, -0.2) is 17.7 Å². The third kappa shape index (κ3) is 4.24. The lowest BCUT2D eigenvalue weighted by atomic mass is 10.3. The van der Waals surface area contributed by atoms with E-state index in [2.05, 4.69) is 10.3 Å². The summed E-state index contributed by atoms with van der Waals surface area (Å²) in [7, 11) is 0. The second-order valence-corrected chi connectivity index (χ2v) is 3.32. The highest BCUT2D eigenvalue weighted by Gasteiger charge is 2.25. The summed E-state index contributed by atoms with van der Waals surface area (Å²) in [5, 5.41) is 2.74. The van der Waals surface area contributed by atoms with Crippen molar-refractivity contribution in [1.29, 1.82) is 0 Å². The van der Waals surface area contributed by atoms with Gasteiger partial charge in [0.2, 0.25) is 0 Å². The molecule has 4 nitrogen and oxygen atoms in total. The Balaban J connectivity index is 2.35. The number of rotatable bonds is 4. The molecule has 16 heavy (non-hydrogen) atoms. The molecule has 0 aliphatic carbocycles. The van der Waals surface area contributed by atoms with Gasteiger partial charge in [-0.05, 0) is 18.6 Å². The molecule has 1 aromatic heterocycles. The van der Waals surface area contributed by atoms with Gasteiger partial charge in [0, 0.05) is 13.0 Å². The van der Waals surface area contributed by atoms with Gasteiger partial charge >= 0.3 is 6.18 Å². The standard InChI is InChI=1S/C9H13F3N4/c10-9(11,12)4-1-5-15-7-3-2-6(13)8(14)16-7/h2-3H,1,4-5,13H2,(H3,14,15,16). The van der Waals surface area contributed by atoms with Gasteiger partial charge in [-0.25, -0.2) is 4.98 Å². The fourth-order valence-corrected chi connectivity index (χ4v) is 1.09. The summed E-state index contributed by atoms with van der Waals surface area (Å²) in [6, 6.07) is 3.12. The number of anilines is 3. The molecule has 0 atom stereocenters. The van der Waals surface area contributed by atoms with Gasteiger partial charge in [-0.1, -0.05) is 0 Å². The highest BCUT2D eigenvalue weighted by Crippen LogP contribution is 2.21. The lowest BCUT2D eigenvalue weighted by Crippen LogP contribution is -2.11. The maximum absolute atomic E-state index is 11.8. The van der Waals surface area contributed by atoms with Crippen molar-refractivity contribution in [2.45, 2.75) is 19.0 Å². The van der Waals surface area contributed by atoms with Crippen LogP contribution < -0.4 is 16.8 Å². The van der Waals surface area contributed by atoms with Crippen molar-refractivity contribution in [3.8, 4) is 0 Å². The Bertz CT molecular complexity index is 351. The molecule has 0 amide bonds. The number of nitrogens with two attached hydrogens (primary N) is 2. The van der Waals surface area contributed by atoms with E-state index in [1.165, 1.54) is 0 Å². The number of nitrogens with zero attached hydrogens (tertiary/aromatic N) is 1. The van der Waals surface area contributed by atoms with Crippen molar-refractivity contribution in [2.24, 2.45) is 0 Å². The van der Waals surface area contributed by atoms with Crippen LogP contribution in [0.2, 0.25) is 0 Å². The topological polar surface area (TPSA) is 77.0 Å². The molecule has 1 heterocycles. The number of aromatic nitrogens is 1. The SMILES string of the molecule is Nc1ccc(NCCCC(F)(F)F)nc1N. The first-order valence-corrected chi connectivity index (χ1v) is 4.71. The van der Waals surface area contributed by atoms with Crippen molar-refractivity contribution in [2.75, 3.05) is 23.3 Å². The summed E-state index contributed by atoms with van der Waals surface area (Å²) >= 11 is 0. The van der Waals surface area contributed by atoms with E-state index in [0.29, 0.717) is 11.5 Å². The maximum atomic E-state index is 11.8. The fraction of sp³-hybridized carbons (Fsp3) is 0.444. The van der Waals surface area contributed by atoms with Gasteiger partial charge in [-0.3, -0.25) is 0 Å². The molecule has 0 aromatic carbocycles. The number of nitrogen functional groups attached to an aromatic ring is 2. The summed E-state index contributed by atoms with van der Waals surface area (Å²) in [5.41, 5.74) is 11.2. The Morgan fingerprint density at radius 1 is 1.25 bits per heavy atom. The van der Waals surface area contributed by atoms with Crippen LogP contribution in [0.1, 0.15) is 12.8 Å². The largest absolute Gasteiger partial charge is 0.396 e. The lowest BCUT2D eigenvalue weighted by Gasteiger charge is -2.08. The predicted molar refractivity (Wildman–Crippen MR) is 56.8 cm³/mol. The summed E-state index contributed by atoms with van der Waals surface area (Å²) in [6.45, 7) is 0.190. The molecule has 90 valence electrons. The van der Waals surface area contributed by atoms with Crippen molar-refractivity contribution in [3.05, 3.63) is 12.1 Å². The third-order valence-corrected chi connectivity index (χ3v) is 1.90. The Kier molecular flexibility index (Phi) is 3.81. The van der Waals surface area contributed by atoms with Gasteiger partial charge < -0.3 is 16.8 Å². The summed E-state index contributed by atoms with van der Waals surface area (Å²) in [4.78, 5) is 3.87. The van der Waals surface area contributed by atoms with Crippen molar-refractivity contribution in [1.82, 2.24) is 4.98 Å². The fourth-order valence-electron chi connectivity index (χ4n) is 1.09. The van der Waals surface area contributed by atoms with Crippen LogP contribution in [0, 0.1) is 0 Å². The quantitative estimate of drug-likeness (QED) is 0.696. The molecule has 0 spiro atoms. The molecule has 1 rings (SSSR count). The normalized spacial score (nSPS) is 11.4. The van der Waals surface area contributed by atoms with Crippen LogP contribution in [0.4, 0.5) is 30.5 Å². The summed E-state index contributed by atoms with van der Waals surface area (Å²) in [5.74, 6) is 0.592. The number of hydrogen-bond donors (Lipinski definition) is 3. The molecule has 0 unspecified atom stereocenters. The Morgan fingerprint density at radius 2 is 1.94 bits per heavy atom. The molecule has 0 saturated heterocycles.